The van der Waals surface area contributed by atoms with Gasteiger partial charge in [-0.25, -0.2) is 0 Å². The van der Waals surface area contributed by atoms with Crippen LogP contribution in [0, 0.1) is 6.92 Å². The van der Waals surface area contributed by atoms with Gasteiger partial charge in [0.2, 0.25) is 5.91 Å². The van der Waals surface area contributed by atoms with Crippen LogP contribution in [0.5, 0.6) is 0 Å². The van der Waals surface area contributed by atoms with E-state index in [4.69, 9.17) is 0 Å². The molecule has 0 aliphatic rings. The number of rotatable bonds is 6. The Labute approximate surface area is 126 Å². The average Bonchev–Trinajstić information content (AvgIpc) is 2.47. The van der Waals surface area contributed by atoms with E-state index in [1.54, 1.807) is 0 Å². The van der Waals surface area contributed by atoms with Gasteiger partial charge >= 0.3 is 0 Å². The third kappa shape index (κ3) is 4.95. The van der Waals surface area contributed by atoms with Crippen molar-refractivity contribution >= 4 is 17.3 Å². The molecule has 0 fully saturated rings. The molecule has 2 aromatic carbocycles. The summed E-state index contributed by atoms with van der Waals surface area (Å²) in [6.45, 7) is 4.46. The van der Waals surface area contributed by atoms with Crippen LogP contribution in [0.2, 0.25) is 0 Å². The van der Waals surface area contributed by atoms with Gasteiger partial charge < -0.3 is 10.6 Å². The standard InChI is InChI=1S/C18H22N2O/c1-14-13-17(10-11-18(14)20-15(2)21)19-12-6-9-16-7-4-3-5-8-16/h3-5,7-8,10-11,13,19H,6,9,12H2,1-2H3,(H,20,21). The van der Waals surface area contributed by atoms with Crippen molar-refractivity contribution in [1.82, 2.24) is 0 Å². The second-order valence-electron chi connectivity index (χ2n) is 5.23. The van der Waals surface area contributed by atoms with Crippen LogP contribution in [0.4, 0.5) is 11.4 Å². The first-order valence-electron chi connectivity index (χ1n) is 7.31. The first-order valence-corrected chi connectivity index (χ1v) is 7.31. The lowest BCUT2D eigenvalue weighted by Gasteiger charge is -2.11. The third-order valence-corrected chi connectivity index (χ3v) is 3.35. The van der Waals surface area contributed by atoms with Crippen molar-refractivity contribution in [2.45, 2.75) is 26.7 Å². The van der Waals surface area contributed by atoms with Crippen molar-refractivity contribution < 1.29 is 4.79 Å². The Morgan fingerprint density at radius 3 is 2.52 bits per heavy atom. The third-order valence-electron chi connectivity index (χ3n) is 3.35. The maximum Gasteiger partial charge on any atom is 0.221 e. The molecule has 0 unspecified atom stereocenters. The van der Waals surface area contributed by atoms with E-state index in [9.17, 15) is 4.79 Å². The molecule has 0 aliphatic carbocycles. The van der Waals surface area contributed by atoms with E-state index in [1.807, 2.05) is 25.1 Å². The molecule has 0 heterocycles. The van der Waals surface area contributed by atoms with Crippen LogP contribution in [0.1, 0.15) is 24.5 Å². The van der Waals surface area contributed by atoms with Gasteiger partial charge in [0, 0.05) is 24.8 Å². The van der Waals surface area contributed by atoms with Crippen molar-refractivity contribution in [2.75, 3.05) is 17.2 Å². The van der Waals surface area contributed by atoms with Gasteiger partial charge in [-0.15, -0.1) is 0 Å². The number of carbonyl (C=O) groups is 1. The Kier molecular flexibility index (Phi) is 5.38. The summed E-state index contributed by atoms with van der Waals surface area (Å²) in [4.78, 5) is 11.1. The van der Waals surface area contributed by atoms with Crippen molar-refractivity contribution in [2.24, 2.45) is 0 Å². The Balaban J connectivity index is 1.81. The fourth-order valence-electron chi connectivity index (χ4n) is 2.27. The van der Waals surface area contributed by atoms with E-state index in [1.165, 1.54) is 12.5 Å². The molecule has 1 amide bonds. The lowest BCUT2D eigenvalue weighted by Crippen LogP contribution is -2.08. The average molecular weight is 282 g/mol. The van der Waals surface area contributed by atoms with Gasteiger partial charge in [0.25, 0.3) is 0 Å². The van der Waals surface area contributed by atoms with Crippen LogP contribution in [-0.4, -0.2) is 12.5 Å². The first-order chi connectivity index (χ1) is 10.1. The van der Waals surface area contributed by atoms with Crippen molar-refractivity contribution in [3.8, 4) is 0 Å². The van der Waals surface area contributed by atoms with E-state index in [-0.39, 0.29) is 5.91 Å². The summed E-state index contributed by atoms with van der Waals surface area (Å²) < 4.78 is 0. The lowest BCUT2D eigenvalue weighted by atomic mass is 10.1. The van der Waals surface area contributed by atoms with Crippen LogP contribution >= 0.6 is 0 Å². The molecular weight excluding hydrogens is 260 g/mol. The van der Waals surface area contributed by atoms with Crippen molar-refractivity contribution in [3.63, 3.8) is 0 Å². The summed E-state index contributed by atoms with van der Waals surface area (Å²) in [5.74, 6) is -0.0401. The zero-order chi connectivity index (χ0) is 15.1. The molecule has 110 valence electrons. The van der Waals surface area contributed by atoms with Crippen LogP contribution in [0.15, 0.2) is 48.5 Å². The Morgan fingerprint density at radius 1 is 1.10 bits per heavy atom. The minimum absolute atomic E-state index is 0.0401. The number of hydrogen-bond donors (Lipinski definition) is 2. The van der Waals surface area contributed by atoms with E-state index < -0.39 is 0 Å². The first kappa shape index (κ1) is 15.1. The molecule has 2 N–H and O–H groups in total. The van der Waals surface area contributed by atoms with Gasteiger partial charge in [-0.1, -0.05) is 30.3 Å². The summed E-state index contributed by atoms with van der Waals surface area (Å²) in [6.07, 6.45) is 2.17. The topological polar surface area (TPSA) is 41.1 Å². The highest BCUT2D eigenvalue weighted by molar-refractivity contribution is 5.89. The van der Waals surface area contributed by atoms with E-state index in [0.717, 1.165) is 36.3 Å². The predicted molar refractivity (Wildman–Crippen MR) is 88.7 cm³/mol. The molecule has 0 saturated carbocycles. The van der Waals surface area contributed by atoms with E-state index in [0.29, 0.717) is 0 Å². The molecule has 0 radical (unpaired) electrons. The molecule has 2 rings (SSSR count). The quantitative estimate of drug-likeness (QED) is 0.786. The van der Waals surface area contributed by atoms with Crippen LogP contribution in [0.25, 0.3) is 0 Å². The SMILES string of the molecule is CC(=O)Nc1ccc(NCCCc2ccccc2)cc1C. The summed E-state index contributed by atoms with van der Waals surface area (Å²) in [6, 6.07) is 16.5. The number of carbonyl (C=O) groups excluding carboxylic acids is 1. The minimum Gasteiger partial charge on any atom is -0.385 e. The smallest absolute Gasteiger partial charge is 0.221 e. The normalized spacial score (nSPS) is 10.2. The van der Waals surface area contributed by atoms with Gasteiger partial charge in [0.05, 0.1) is 0 Å². The number of anilines is 2. The molecule has 0 atom stereocenters. The highest BCUT2D eigenvalue weighted by atomic mass is 16.1. The summed E-state index contributed by atoms with van der Waals surface area (Å²) in [7, 11) is 0. The highest BCUT2D eigenvalue weighted by Gasteiger charge is 2.01. The van der Waals surface area contributed by atoms with Gasteiger partial charge in [0.15, 0.2) is 0 Å². The monoisotopic (exact) mass is 282 g/mol. The van der Waals surface area contributed by atoms with Gasteiger partial charge in [-0.05, 0) is 49.1 Å². The second-order valence-corrected chi connectivity index (χ2v) is 5.23. The number of benzene rings is 2. The number of hydrogen-bond acceptors (Lipinski definition) is 2. The summed E-state index contributed by atoms with van der Waals surface area (Å²) >= 11 is 0. The molecule has 3 nitrogen and oxygen atoms in total. The fraction of sp³-hybridized carbons (Fsp3) is 0.278. The molecular formula is C18H22N2O. The van der Waals surface area contributed by atoms with E-state index >= 15 is 0 Å². The Hall–Kier alpha value is -2.29. The van der Waals surface area contributed by atoms with Crippen LogP contribution in [0.3, 0.4) is 0 Å². The van der Waals surface area contributed by atoms with E-state index in [2.05, 4.69) is 41.0 Å². The zero-order valence-electron chi connectivity index (χ0n) is 12.6. The number of nitrogens with one attached hydrogen (secondary N) is 2. The minimum atomic E-state index is -0.0401. The van der Waals surface area contributed by atoms with Crippen LogP contribution < -0.4 is 10.6 Å². The fourth-order valence-corrected chi connectivity index (χ4v) is 2.27. The molecule has 0 saturated heterocycles. The largest absolute Gasteiger partial charge is 0.385 e. The Bertz CT molecular complexity index is 593. The van der Waals surface area contributed by atoms with Gasteiger partial charge in [0.1, 0.15) is 0 Å². The van der Waals surface area contributed by atoms with Crippen molar-refractivity contribution in [3.05, 3.63) is 59.7 Å². The van der Waals surface area contributed by atoms with Gasteiger partial charge in [-0.2, -0.15) is 0 Å². The molecule has 0 aliphatic heterocycles. The molecule has 0 spiro atoms. The molecule has 0 bridgehead atoms. The number of aryl methyl sites for hydroxylation is 2. The molecule has 2 aromatic rings. The summed E-state index contributed by atoms with van der Waals surface area (Å²) in [5, 5.41) is 6.25. The zero-order valence-corrected chi connectivity index (χ0v) is 12.6. The van der Waals surface area contributed by atoms with Gasteiger partial charge in [-0.3, -0.25) is 4.79 Å². The molecule has 0 aromatic heterocycles. The summed E-state index contributed by atoms with van der Waals surface area (Å²) in [5.41, 5.74) is 4.40. The maximum absolute atomic E-state index is 11.1. The Morgan fingerprint density at radius 2 is 1.86 bits per heavy atom. The lowest BCUT2D eigenvalue weighted by molar-refractivity contribution is -0.114. The molecule has 21 heavy (non-hydrogen) atoms. The number of amides is 1. The van der Waals surface area contributed by atoms with Crippen molar-refractivity contribution in [1.29, 1.82) is 0 Å². The highest BCUT2D eigenvalue weighted by Crippen LogP contribution is 2.19. The predicted octanol–water partition coefficient (Wildman–Crippen LogP) is 4.00. The van der Waals surface area contributed by atoms with Crippen LogP contribution in [-0.2, 0) is 11.2 Å². The maximum atomic E-state index is 11.1. The molecule has 3 heteroatoms. The second kappa shape index (κ2) is 7.48.